The van der Waals surface area contributed by atoms with Crippen LogP contribution >= 0.6 is 0 Å². The lowest BCUT2D eigenvalue weighted by Crippen LogP contribution is -2.06. The second kappa shape index (κ2) is 3.52. The molecule has 0 spiro atoms. The third-order valence-corrected chi connectivity index (χ3v) is 2.53. The van der Waals surface area contributed by atoms with E-state index in [1.54, 1.807) is 13.1 Å². The molecule has 0 aliphatic rings. The Bertz CT molecular complexity index is 511. The van der Waals surface area contributed by atoms with Crippen LogP contribution in [0.5, 0.6) is 0 Å². The first-order valence-electron chi connectivity index (χ1n) is 4.83. The van der Waals surface area contributed by atoms with Crippen molar-refractivity contribution in [3.63, 3.8) is 0 Å². The maximum atomic E-state index is 12.5. The molecular formula is C11H11F3N2. The van der Waals surface area contributed by atoms with Gasteiger partial charge in [0.2, 0.25) is 0 Å². The van der Waals surface area contributed by atoms with Crippen LogP contribution in [-0.2, 0) is 6.18 Å². The number of fused-ring (bicyclic) bond motifs is 1. The molecule has 2 rings (SSSR count). The molecule has 0 amide bonds. The average Bonchev–Trinajstić information content (AvgIpc) is 2.58. The highest BCUT2D eigenvalue weighted by Gasteiger charge is 2.30. The van der Waals surface area contributed by atoms with Crippen molar-refractivity contribution >= 4 is 10.9 Å². The van der Waals surface area contributed by atoms with Gasteiger partial charge in [-0.15, -0.1) is 0 Å². The fraction of sp³-hybridized carbons (Fsp3) is 0.273. The van der Waals surface area contributed by atoms with Crippen molar-refractivity contribution in [2.45, 2.75) is 19.1 Å². The van der Waals surface area contributed by atoms with Crippen LogP contribution in [0.4, 0.5) is 13.2 Å². The van der Waals surface area contributed by atoms with E-state index in [0.717, 1.165) is 12.1 Å². The topological polar surface area (TPSA) is 41.8 Å². The molecule has 1 atom stereocenters. The Morgan fingerprint density at radius 2 is 2.00 bits per heavy atom. The van der Waals surface area contributed by atoms with Crippen LogP contribution in [0.2, 0.25) is 0 Å². The smallest absolute Gasteiger partial charge is 0.361 e. The quantitative estimate of drug-likeness (QED) is 0.773. The van der Waals surface area contributed by atoms with Crippen LogP contribution in [0.15, 0.2) is 24.4 Å². The van der Waals surface area contributed by atoms with E-state index in [2.05, 4.69) is 4.98 Å². The van der Waals surface area contributed by atoms with Crippen LogP contribution in [0, 0.1) is 0 Å². The summed E-state index contributed by atoms with van der Waals surface area (Å²) < 4.78 is 37.5. The fourth-order valence-corrected chi connectivity index (χ4v) is 1.70. The fourth-order valence-electron chi connectivity index (χ4n) is 1.70. The Kier molecular flexibility index (Phi) is 2.42. The lowest BCUT2D eigenvalue weighted by molar-refractivity contribution is -0.137. The minimum atomic E-state index is -4.32. The Labute approximate surface area is 90.3 Å². The van der Waals surface area contributed by atoms with Crippen LogP contribution < -0.4 is 5.73 Å². The maximum Gasteiger partial charge on any atom is 0.416 e. The molecule has 3 N–H and O–H groups in total. The largest absolute Gasteiger partial charge is 0.416 e. The van der Waals surface area contributed by atoms with Crippen molar-refractivity contribution in [1.29, 1.82) is 0 Å². The van der Waals surface area contributed by atoms with Crippen molar-refractivity contribution in [3.8, 4) is 0 Å². The summed E-state index contributed by atoms with van der Waals surface area (Å²) in [6.07, 6.45) is -2.67. The van der Waals surface area contributed by atoms with E-state index >= 15 is 0 Å². The molecule has 0 saturated heterocycles. The van der Waals surface area contributed by atoms with Crippen molar-refractivity contribution in [2.24, 2.45) is 5.73 Å². The van der Waals surface area contributed by atoms with Crippen molar-refractivity contribution in [2.75, 3.05) is 0 Å². The van der Waals surface area contributed by atoms with Crippen molar-refractivity contribution in [3.05, 3.63) is 35.5 Å². The van der Waals surface area contributed by atoms with E-state index in [4.69, 9.17) is 5.73 Å². The average molecular weight is 228 g/mol. The SMILES string of the molecule is CC(N)c1c[nH]c2ccc(C(F)(F)F)cc12. The number of rotatable bonds is 1. The van der Waals surface area contributed by atoms with Gasteiger partial charge in [0, 0.05) is 23.1 Å². The van der Waals surface area contributed by atoms with Gasteiger partial charge >= 0.3 is 6.18 Å². The lowest BCUT2D eigenvalue weighted by atomic mass is 10.1. The molecule has 5 heteroatoms. The summed E-state index contributed by atoms with van der Waals surface area (Å²) in [7, 11) is 0. The van der Waals surface area contributed by atoms with Crippen molar-refractivity contribution < 1.29 is 13.2 Å². The normalized spacial score (nSPS) is 14.3. The first-order chi connectivity index (χ1) is 7.39. The Hall–Kier alpha value is -1.49. The van der Waals surface area contributed by atoms with Gasteiger partial charge in [-0.2, -0.15) is 13.2 Å². The van der Waals surface area contributed by atoms with E-state index < -0.39 is 11.7 Å². The van der Waals surface area contributed by atoms with Crippen LogP contribution in [0.1, 0.15) is 24.1 Å². The number of H-pyrrole nitrogens is 1. The summed E-state index contributed by atoms with van der Waals surface area (Å²) in [6, 6.07) is 3.32. The maximum absolute atomic E-state index is 12.5. The first-order valence-corrected chi connectivity index (χ1v) is 4.83. The zero-order chi connectivity index (χ0) is 11.9. The molecule has 0 fully saturated rings. The number of aromatic nitrogens is 1. The lowest BCUT2D eigenvalue weighted by Gasteiger charge is -2.08. The number of nitrogens with one attached hydrogen (secondary N) is 1. The van der Waals surface area contributed by atoms with Gasteiger partial charge in [-0.05, 0) is 30.7 Å². The molecule has 1 heterocycles. The predicted octanol–water partition coefficient (Wildman–Crippen LogP) is 3.21. The number of halogens is 3. The standard InChI is InChI=1S/C11H11F3N2/c1-6(15)9-5-16-10-3-2-7(4-8(9)10)11(12,13)14/h2-6,16H,15H2,1H3. The number of aromatic amines is 1. The number of hydrogen-bond acceptors (Lipinski definition) is 1. The van der Waals surface area contributed by atoms with Gasteiger partial charge in [0.05, 0.1) is 5.56 Å². The molecule has 0 radical (unpaired) electrons. The molecule has 0 bridgehead atoms. The second-order valence-corrected chi connectivity index (χ2v) is 3.79. The van der Waals surface area contributed by atoms with Gasteiger partial charge < -0.3 is 10.7 Å². The summed E-state index contributed by atoms with van der Waals surface area (Å²) in [4.78, 5) is 2.90. The highest BCUT2D eigenvalue weighted by Crippen LogP contribution is 2.33. The van der Waals surface area contributed by atoms with Crippen LogP contribution in [0.25, 0.3) is 10.9 Å². The molecule has 86 valence electrons. The summed E-state index contributed by atoms with van der Waals surface area (Å²) in [5.41, 5.74) is 6.39. The van der Waals surface area contributed by atoms with Gasteiger partial charge in [0.1, 0.15) is 0 Å². The summed E-state index contributed by atoms with van der Waals surface area (Å²) in [6.45, 7) is 1.74. The van der Waals surface area contributed by atoms with E-state index in [0.29, 0.717) is 16.5 Å². The molecular weight excluding hydrogens is 217 g/mol. The minimum Gasteiger partial charge on any atom is -0.361 e. The van der Waals surface area contributed by atoms with Gasteiger partial charge in [-0.25, -0.2) is 0 Å². The van der Waals surface area contributed by atoms with Gasteiger partial charge in [-0.3, -0.25) is 0 Å². The molecule has 0 aliphatic carbocycles. The molecule has 2 nitrogen and oxygen atoms in total. The van der Waals surface area contributed by atoms with E-state index in [1.165, 1.54) is 6.07 Å². The Morgan fingerprint density at radius 3 is 2.56 bits per heavy atom. The Morgan fingerprint density at radius 1 is 1.31 bits per heavy atom. The second-order valence-electron chi connectivity index (χ2n) is 3.79. The summed E-state index contributed by atoms with van der Waals surface area (Å²) in [5, 5.41) is 0.532. The molecule has 0 aliphatic heterocycles. The van der Waals surface area contributed by atoms with Crippen LogP contribution in [0.3, 0.4) is 0 Å². The number of alkyl halides is 3. The Balaban J connectivity index is 2.63. The highest BCUT2D eigenvalue weighted by molar-refractivity contribution is 5.84. The molecule has 2 aromatic rings. The summed E-state index contributed by atoms with van der Waals surface area (Å²) in [5.74, 6) is 0. The van der Waals surface area contributed by atoms with Gasteiger partial charge in [0.15, 0.2) is 0 Å². The summed E-state index contributed by atoms with van der Waals surface area (Å²) >= 11 is 0. The van der Waals surface area contributed by atoms with Gasteiger partial charge in [0.25, 0.3) is 0 Å². The molecule has 16 heavy (non-hydrogen) atoms. The van der Waals surface area contributed by atoms with E-state index in [1.807, 2.05) is 0 Å². The number of nitrogens with two attached hydrogens (primary N) is 1. The van der Waals surface area contributed by atoms with E-state index in [-0.39, 0.29) is 6.04 Å². The van der Waals surface area contributed by atoms with Crippen LogP contribution in [-0.4, -0.2) is 4.98 Å². The zero-order valence-electron chi connectivity index (χ0n) is 8.60. The predicted molar refractivity (Wildman–Crippen MR) is 55.9 cm³/mol. The number of hydrogen-bond donors (Lipinski definition) is 2. The highest BCUT2D eigenvalue weighted by atomic mass is 19.4. The molecule has 1 aromatic carbocycles. The third-order valence-electron chi connectivity index (χ3n) is 2.53. The third kappa shape index (κ3) is 1.78. The molecule has 1 aromatic heterocycles. The van der Waals surface area contributed by atoms with E-state index in [9.17, 15) is 13.2 Å². The first kappa shape index (κ1) is 11.0. The monoisotopic (exact) mass is 228 g/mol. The van der Waals surface area contributed by atoms with Crippen molar-refractivity contribution in [1.82, 2.24) is 4.98 Å². The minimum absolute atomic E-state index is 0.294. The van der Waals surface area contributed by atoms with Gasteiger partial charge in [-0.1, -0.05) is 0 Å². The molecule has 1 unspecified atom stereocenters. The number of benzene rings is 1. The zero-order valence-corrected chi connectivity index (χ0v) is 8.60. The molecule has 0 saturated carbocycles.